The van der Waals surface area contributed by atoms with E-state index in [1.54, 1.807) is 12.1 Å². The molecule has 1 aromatic carbocycles. The highest BCUT2D eigenvalue weighted by Gasteiger charge is 2.29. The summed E-state index contributed by atoms with van der Waals surface area (Å²) in [7, 11) is 0. The molecule has 7 nitrogen and oxygen atoms in total. The van der Waals surface area contributed by atoms with Gasteiger partial charge < -0.3 is 15.4 Å². The molecule has 3 rings (SSSR count). The second kappa shape index (κ2) is 8.14. The third-order valence-electron chi connectivity index (χ3n) is 3.99. The van der Waals surface area contributed by atoms with Crippen molar-refractivity contribution >= 4 is 40.7 Å². The van der Waals surface area contributed by atoms with Crippen molar-refractivity contribution in [1.82, 2.24) is 16.1 Å². The topological polar surface area (TPSA) is 91.8 Å². The second-order valence-electron chi connectivity index (χ2n) is 5.91. The van der Waals surface area contributed by atoms with Crippen molar-refractivity contribution in [3.05, 3.63) is 33.8 Å². The van der Waals surface area contributed by atoms with Crippen molar-refractivity contribution in [3.8, 4) is 0 Å². The Hall–Kier alpha value is -1.67. The minimum atomic E-state index is -0.348. The number of benzene rings is 1. The summed E-state index contributed by atoms with van der Waals surface area (Å²) in [6, 6.07) is 5.03. The van der Waals surface area contributed by atoms with E-state index in [0.29, 0.717) is 35.5 Å². The summed E-state index contributed by atoms with van der Waals surface area (Å²) in [6.07, 6.45) is -0.120. The van der Waals surface area contributed by atoms with Gasteiger partial charge in [0.25, 0.3) is 0 Å². The zero-order valence-corrected chi connectivity index (χ0v) is 14.9. The fraction of sp³-hybridized carbons (Fsp3) is 0.438. The minimum Gasteiger partial charge on any atom is -0.370 e. The van der Waals surface area contributed by atoms with Crippen LogP contribution >= 0.6 is 23.2 Å². The van der Waals surface area contributed by atoms with E-state index in [1.165, 1.54) is 0 Å². The summed E-state index contributed by atoms with van der Waals surface area (Å²) >= 11 is 12.1. The molecule has 0 unspecified atom stereocenters. The Kier molecular flexibility index (Phi) is 5.90. The van der Waals surface area contributed by atoms with Crippen molar-refractivity contribution in [2.45, 2.75) is 25.0 Å². The number of hydrazone groups is 1. The summed E-state index contributed by atoms with van der Waals surface area (Å²) in [4.78, 5) is 23.5. The van der Waals surface area contributed by atoms with Gasteiger partial charge in [0.15, 0.2) is 0 Å². The molecule has 2 aliphatic heterocycles. The van der Waals surface area contributed by atoms with Gasteiger partial charge in [-0.3, -0.25) is 9.59 Å². The molecule has 0 radical (unpaired) electrons. The lowest BCUT2D eigenvalue weighted by Crippen LogP contribution is -2.45. The van der Waals surface area contributed by atoms with Crippen molar-refractivity contribution in [2.75, 3.05) is 19.7 Å². The summed E-state index contributed by atoms with van der Waals surface area (Å²) in [5.41, 5.74) is 3.71. The third kappa shape index (κ3) is 4.70. The number of rotatable bonds is 4. The molecule has 2 amide bonds. The second-order valence-corrected chi connectivity index (χ2v) is 6.72. The Balaban J connectivity index is 1.70. The fourth-order valence-electron chi connectivity index (χ4n) is 2.83. The maximum Gasteiger partial charge on any atom is 0.245 e. The zero-order valence-electron chi connectivity index (χ0n) is 13.4. The first-order valence-electron chi connectivity index (χ1n) is 7.94. The first kappa shape index (κ1) is 18.1. The predicted octanol–water partition coefficient (Wildman–Crippen LogP) is 1.41. The largest absolute Gasteiger partial charge is 0.370 e. The van der Waals surface area contributed by atoms with Crippen LogP contribution in [0.5, 0.6) is 0 Å². The molecule has 1 saturated heterocycles. The summed E-state index contributed by atoms with van der Waals surface area (Å²) in [5, 5.41) is 10.9. The van der Waals surface area contributed by atoms with Crippen LogP contribution in [-0.4, -0.2) is 43.3 Å². The normalized spacial score (nSPS) is 23.6. The summed E-state index contributed by atoms with van der Waals surface area (Å²) in [5.74, 6) is -0.409. The molecule has 9 heteroatoms. The van der Waals surface area contributed by atoms with Gasteiger partial charge in [-0.25, -0.2) is 5.43 Å². The molecule has 2 aliphatic rings. The van der Waals surface area contributed by atoms with Crippen LogP contribution < -0.4 is 16.1 Å². The first-order chi connectivity index (χ1) is 12.0. The Morgan fingerprint density at radius 2 is 2.20 bits per heavy atom. The van der Waals surface area contributed by atoms with E-state index in [4.69, 9.17) is 27.9 Å². The lowest BCUT2D eigenvalue weighted by Gasteiger charge is -2.26. The Bertz CT molecular complexity index is 711. The van der Waals surface area contributed by atoms with Crippen molar-refractivity contribution < 1.29 is 14.3 Å². The average molecular weight is 385 g/mol. The smallest absolute Gasteiger partial charge is 0.245 e. The summed E-state index contributed by atoms with van der Waals surface area (Å²) < 4.78 is 5.91. The lowest BCUT2D eigenvalue weighted by molar-refractivity contribution is -0.121. The van der Waals surface area contributed by atoms with Crippen LogP contribution in [0.4, 0.5) is 0 Å². The molecule has 1 fully saturated rings. The molecule has 134 valence electrons. The van der Waals surface area contributed by atoms with Gasteiger partial charge in [-0.05, 0) is 17.7 Å². The monoisotopic (exact) mass is 384 g/mol. The van der Waals surface area contributed by atoms with Gasteiger partial charge in [0.05, 0.1) is 41.2 Å². The fourth-order valence-corrected chi connectivity index (χ4v) is 3.14. The number of carbonyl (C=O) groups is 2. The highest BCUT2D eigenvalue weighted by Crippen LogP contribution is 2.29. The number of halogens is 2. The quantitative estimate of drug-likeness (QED) is 0.731. The molecule has 0 aliphatic carbocycles. The predicted molar refractivity (Wildman–Crippen MR) is 94.8 cm³/mol. The number of hydrogen-bond donors (Lipinski definition) is 3. The molecule has 25 heavy (non-hydrogen) atoms. The first-order valence-corrected chi connectivity index (χ1v) is 8.69. The maximum atomic E-state index is 12.3. The molecular weight excluding hydrogens is 367 g/mol. The van der Waals surface area contributed by atoms with Crippen LogP contribution in [0.25, 0.3) is 0 Å². The van der Waals surface area contributed by atoms with Crippen molar-refractivity contribution in [2.24, 2.45) is 5.10 Å². The van der Waals surface area contributed by atoms with E-state index in [9.17, 15) is 9.59 Å². The highest BCUT2D eigenvalue weighted by atomic mass is 35.5. The van der Waals surface area contributed by atoms with Crippen LogP contribution in [0.15, 0.2) is 23.3 Å². The SMILES string of the molecule is O=C1CC(CC(=O)N[C@@H]2CNCCO[C@H]2c2ccc(Cl)c(Cl)c2)=NN1. The van der Waals surface area contributed by atoms with E-state index in [0.717, 1.165) is 5.56 Å². The van der Waals surface area contributed by atoms with Gasteiger partial charge in [-0.2, -0.15) is 5.10 Å². The van der Waals surface area contributed by atoms with Crippen molar-refractivity contribution in [1.29, 1.82) is 0 Å². The molecule has 0 bridgehead atoms. The van der Waals surface area contributed by atoms with Crippen molar-refractivity contribution in [3.63, 3.8) is 0 Å². The third-order valence-corrected chi connectivity index (χ3v) is 4.73. The lowest BCUT2D eigenvalue weighted by atomic mass is 10.0. The summed E-state index contributed by atoms with van der Waals surface area (Å²) in [6.45, 7) is 1.76. The van der Waals surface area contributed by atoms with Crippen LogP contribution in [0.1, 0.15) is 24.5 Å². The number of amides is 2. The van der Waals surface area contributed by atoms with Gasteiger partial charge in [0.2, 0.25) is 11.8 Å². The van der Waals surface area contributed by atoms with Gasteiger partial charge in [-0.1, -0.05) is 29.3 Å². The molecule has 0 saturated carbocycles. The number of hydrogen-bond acceptors (Lipinski definition) is 5. The molecule has 0 aromatic heterocycles. The van der Waals surface area contributed by atoms with Crippen LogP contribution in [0.2, 0.25) is 10.0 Å². The molecule has 2 heterocycles. The zero-order chi connectivity index (χ0) is 17.8. The Morgan fingerprint density at radius 1 is 1.36 bits per heavy atom. The molecule has 1 aromatic rings. The number of nitrogens with one attached hydrogen (secondary N) is 3. The number of carbonyl (C=O) groups excluding carboxylic acids is 2. The van der Waals surface area contributed by atoms with E-state index in [-0.39, 0.29) is 36.8 Å². The maximum absolute atomic E-state index is 12.3. The number of nitrogens with zero attached hydrogens (tertiary/aromatic N) is 1. The van der Waals surface area contributed by atoms with E-state index in [1.807, 2.05) is 6.07 Å². The average Bonchev–Trinajstić information content (AvgIpc) is 2.83. The standard InChI is InChI=1S/C16H18Cl2N4O3/c17-11-2-1-9(5-12(11)18)16-13(8-19-3-4-25-16)20-14(23)6-10-7-15(24)22-21-10/h1-2,5,13,16,19H,3-4,6-8H2,(H,20,23)(H,22,24)/t13-,16+/m1/s1. The number of ether oxygens (including phenoxy) is 1. The van der Waals surface area contributed by atoms with Gasteiger partial charge >= 0.3 is 0 Å². The molecule has 2 atom stereocenters. The van der Waals surface area contributed by atoms with E-state index < -0.39 is 0 Å². The molecule has 3 N–H and O–H groups in total. The van der Waals surface area contributed by atoms with Gasteiger partial charge in [0, 0.05) is 13.1 Å². The Morgan fingerprint density at radius 3 is 2.92 bits per heavy atom. The van der Waals surface area contributed by atoms with E-state index >= 15 is 0 Å². The highest BCUT2D eigenvalue weighted by molar-refractivity contribution is 6.42. The van der Waals surface area contributed by atoms with Crippen LogP contribution in [0, 0.1) is 0 Å². The Labute approximate surface area is 155 Å². The molecule has 0 spiro atoms. The minimum absolute atomic E-state index is 0.0728. The molecular formula is C16H18Cl2N4O3. The van der Waals surface area contributed by atoms with E-state index in [2.05, 4.69) is 21.2 Å². The van der Waals surface area contributed by atoms with Crippen LogP contribution in [0.3, 0.4) is 0 Å². The van der Waals surface area contributed by atoms with Gasteiger partial charge in [-0.15, -0.1) is 0 Å². The van der Waals surface area contributed by atoms with Gasteiger partial charge in [0.1, 0.15) is 6.10 Å². The van der Waals surface area contributed by atoms with Crippen LogP contribution in [-0.2, 0) is 14.3 Å².